The van der Waals surface area contributed by atoms with E-state index >= 15 is 0 Å². The average molecular weight is 220 g/mol. The molecule has 16 heavy (non-hydrogen) atoms. The van der Waals surface area contributed by atoms with Crippen LogP contribution >= 0.6 is 0 Å². The first-order valence-corrected chi connectivity index (χ1v) is 7.04. The predicted octanol–water partition coefficient (Wildman–Crippen LogP) is 4.27. The average Bonchev–Trinajstić information content (AvgIpc) is 2.39. The van der Waals surface area contributed by atoms with Gasteiger partial charge in [0.25, 0.3) is 0 Å². The molecule has 0 heterocycles. The summed E-state index contributed by atoms with van der Waals surface area (Å²) in [4.78, 5) is 12.3. The summed E-state index contributed by atoms with van der Waals surface area (Å²) >= 11 is 0. The van der Waals surface area contributed by atoms with Crippen LogP contribution in [-0.4, -0.2) is 5.78 Å². The molecule has 0 bridgehead atoms. The topological polar surface area (TPSA) is 17.1 Å². The minimum atomic E-state index is 0.368. The van der Waals surface area contributed by atoms with Crippen molar-refractivity contribution >= 4 is 5.78 Å². The Morgan fingerprint density at radius 3 is 2.56 bits per heavy atom. The summed E-state index contributed by atoms with van der Waals surface area (Å²) in [6.45, 7) is 2.27. The quantitative estimate of drug-likeness (QED) is 0.694. The summed E-state index contributed by atoms with van der Waals surface area (Å²) in [6.07, 6.45) is 13.0. The van der Waals surface area contributed by atoms with Crippen LogP contribution in [0.15, 0.2) is 11.6 Å². The third-order valence-corrected chi connectivity index (χ3v) is 4.40. The Labute approximate surface area is 99.3 Å². The van der Waals surface area contributed by atoms with Crippen molar-refractivity contribution in [1.82, 2.24) is 0 Å². The van der Waals surface area contributed by atoms with E-state index in [0.29, 0.717) is 11.7 Å². The van der Waals surface area contributed by atoms with Crippen LogP contribution in [0.5, 0.6) is 0 Å². The van der Waals surface area contributed by atoms with E-state index in [0.717, 1.165) is 37.2 Å². The molecule has 0 saturated heterocycles. The van der Waals surface area contributed by atoms with Gasteiger partial charge in [-0.05, 0) is 62.9 Å². The molecule has 0 N–H and O–H groups in total. The normalized spacial score (nSPS) is 30.9. The Kier molecular flexibility index (Phi) is 4.20. The number of allylic oxidation sites excluding steroid dienone is 2. The number of hydrogen-bond acceptors (Lipinski definition) is 1. The summed E-state index contributed by atoms with van der Waals surface area (Å²) in [5.74, 6) is 1.76. The smallest absolute Gasteiger partial charge is 0.161 e. The van der Waals surface area contributed by atoms with Gasteiger partial charge in [-0.3, -0.25) is 4.79 Å². The molecule has 2 rings (SSSR count). The number of rotatable bonds is 3. The lowest BCUT2D eigenvalue weighted by atomic mass is 9.76. The van der Waals surface area contributed by atoms with E-state index in [-0.39, 0.29) is 0 Å². The fourth-order valence-electron chi connectivity index (χ4n) is 3.16. The number of carbonyl (C=O) groups is 1. The minimum Gasteiger partial charge on any atom is -0.294 e. The molecule has 0 radical (unpaired) electrons. The van der Waals surface area contributed by atoms with Crippen LogP contribution in [0.3, 0.4) is 0 Å². The predicted molar refractivity (Wildman–Crippen MR) is 67.3 cm³/mol. The highest BCUT2D eigenvalue weighted by Gasteiger charge is 2.27. The molecule has 0 spiro atoms. The molecule has 1 heteroatoms. The molecule has 1 fully saturated rings. The molecule has 2 aliphatic carbocycles. The highest BCUT2D eigenvalue weighted by Crippen LogP contribution is 2.33. The first-order valence-electron chi connectivity index (χ1n) is 7.04. The van der Waals surface area contributed by atoms with Crippen LogP contribution in [0, 0.1) is 11.8 Å². The first-order chi connectivity index (χ1) is 7.81. The summed E-state index contributed by atoms with van der Waals surface area (Å²) in [6, 6.07) is 0. The van der Waals surface area contributed by atoms with Crippen molar-refractivity contribution < 1.29 is 4.79 Å². The highest BCUT2D eigenvalue weighted by atomic mass is 16.1. The van der Waals surface area contributed by atoms with Crippen molar-refractivity contribution in [3.8, 4) is 0 Å². The Hall–Kier alpha value is -0.590. The molecule has 0 aromatic heterocycles. The lowest BCUT2D eigenvalue weighted by Gasteiger charge is -2.28. The second-order valence-corrected chi connectivity index (χ2v) is 5.47. The molecular formula is C15H24O. The maximum atomic E-state index is 12.3. The zero-order valence-corrected chi connectivity index (χ0v) is 10.5. The van der Waals surface area contributed by atoms with Crippen molar-refractivity contribution in [2.75, 3.05) is 0 Å². The molecule has 2 aliphatic rings. The molecule has 0 amide bonds. The molecule has 1 saturated carbocycles. The molecule has 0 unspecified atom stereocenters. The fraction of sp³-hybridized carbons (Fsp3) is 0.800. The van der Waals surface area contributed by atoms with Gasteiger partial charge in [-0.15, -0.1) is 0 Å². The van der Waals surface area contributed by atoms with Crippen molar-refractivity contribution in [1.29, 1.82) is 0 Å². The Bertz CT molecular complexity index is 269. The van der Waals surface area contributed by atoms with Gasteiger partial charge in [0.2, 0.25) is 0 Å². The van der Waals surface area contributed by atoms with Gasteiger partial charge in [-0.25, -0.2) is 0 Å². The molecule has 1 nitrogen and oxygen atoms in total. The van der Waals surface area contributed by atoms with Crippen molar-refractivity contribution in [2.24, 2.45) is 11.8 Å². The minimum absolute atomic E-state index is 0.368. The second kappa shape index (κ2) is 5.65. The van der Waals surface area contributed by atoms with Crippen molar-refractivity contribution in [3.05, 3.63) is 11.6 Å². The Morgan fingerprint density at radius 2 is 2.00 bits per heavy atom. The number of ketones is 1. The van der Waals surface area contributed by atoms with Crippen LogP contribution in [0.4, 0.5) is 0 Å². The van der Waals surface area contributed by atoms with Gasteiger partial charge in [0.05, 0.1) is 0 Å². The molecule has 0 aliphatic heterocycles. The highest BCUT2D eigenvalue weighted by molar-refractivity contribution is 5.97. The van der Waals surface area contributed by atoms with E-state index in [1.54, 1.807) is 0 Å². The van der Waals surface area contributed by atoms with Gasteiger partial charge >= 0.3 is 0 Å². The summed E-state index contributed by atoms with van der Waals surface area (Å²) in [7, 11) is 0. The van der Waals surface area contributed by atoms with Crippen LogP contribution in [-0.2, 0) is 4.79 Å². The van der Waals surface area contributed by atoms with E-state index < -0.39 is 0 Å². The van der Waals surface area contributed by atoms with E-state index in [1.165, 1.54) is 32.1 Å². The number of carbonyl (C=O) groups excluding carboxylic acids is 1. The van der Waals surface area contributed by atoms with E-state index in [1.807, 2.05) is 0 Å². The van der Waals surface area contributed by atoms with Crippen LogP contribution in [0.2, 0.25) is 0 Å². The summed E-state index contributed by atoms with van der Waals surface area (Å²) in [5.41, 5.74) is 1.16. The van der Waals surface area contributed by atoms with Crippen molar-refractivity contribution in [3.63, 3.8) is 0 Å². The third kappa shape index (κ3) is 2.75. The third-order valence-electron chi connectivity index (χ3n) is 4.40. The molecule has 0 aromatic rings. The zero-order valence-electron chi connectivity index (χ0n) is 10.5. The van der Waals surface area contributed by atoms with Gasteiger partial charge in [0, 0.05) is 5.92 Å². The zero-order chi connectivity index (χ0) is 11.4. The van der Waals surface area contributed by atoms with E-state index in [4.69, 9.17) is 0 Å². The summed E-state index contributed by atoms with van der Waals surface area (Å²) < 4.78 is 0. The van der Waals surface area contributed by atoms with Gasteiger partial charge in [-0.2, -0.15) is 0 Å². The SMILES string of the molecule is CCC1CCC(C(=O)C2=CCCCC2)CC1. The standard InChI is InChI=1S/C15H24O/c1-2-12-8-10-14(11-9-12)15(16)13-6-4-3-5-7-13/h6,12,14H,2-5,7-11H2,1H3. The Morgan fingerprint density at radius 1 is 1.25 bits per heavy atom. The van der Waals surface area contributed by atoms with Crippen LogP contribution < -0.4 is 0 Å². The lowest BCUT2D eigenvalue weighted by Crippen LogP contribution is -2.23. The Balaban J connectivity index is 1.88. The van der Waals surface area contributed by atoms with Gasteiger partial charge in [-0.1, -0.05) is 19.4 Å². The van der Waals surface area contributed by atoms with Crippen LogP contribution in [0.1, 0.15) is 64.7 Å². The first kappa shape index (κ1) is 11.9. The number of hydrogen-bond donors (Lipinski definition) is 0. The van der Waals surface area contributed by atoms with Gasteiger partial charge in [0.15, 0.2) is 5.78 Å². The summed E-state index contributed by atoms with van der Waals surface area (Å²) in [5, 5.41) is 0. The molecule has 90 valence electrons. The lowest BCUT2D eigenvalue weighted by molar-refractivity contribution is -0.120. The van der Waals surface area contributed by atoms with Crippen LogP contribution in [0.25, 0.3) is 0 Å². The fourth-order valence-corrected chi connectivity index (χ4v) is 3.16. The maximum absolute atomic E-state index is 12.3. The molecule has 0 aromatic carbocycles. The van der Waals surface area contributed by atoms with Gasteiger partial charge in [0.1, 0.15) is 0 Å². The maximum Gasteiger partial charge on any atom is 0.161 e. The van der Waals surface area contributed by atoms with Gasteiger partial charge < -0.3 is 0 Å². The number of Topliss-reactive ketones (excluding diaryl/α,β-unsaturated/α-hetero) is 1. The largest absolute Gasteiger partial charge is 0.294 e. The molecule has 0 atom stereocenters. The van der Waals surface area contributed by atoms with E-state index in [9.17, 15) is 4.79 Å². The molecular weight excluding hydrogens is 196 g/mol. The second-order valence-electron chi connectivity index (χ2n) is 5.47. The van der Waals surface area contributed by atoms with E-state index in [2.05, 4.69) is 13.0 Å². The van der Waals surface area contributed by atoms with Crippen molar-refractivity contribution in [2.45, 2.75) is 64.7 Å². The monoisotopic (exact) mass is 220 g/mol.